The van der Waals surface area contributed by atoms with Crippen LogP contribution in [-0.4, -0.2) is 30.4 Å². The van der Waals surface area contributed by atoms with Crippen molar-refractivity contribution in [2.45, 2.75) is 26.4 Å². The predicted octanol–water partition coefficient (Wildman–Crippen LogP) is 3.17. The van der Waals surface area contributed by atoms with Gasteiger partial charge in [0, 0.05) is 17.6 Å². The summed E-state index contributed by atoms with van der Waals surface area (Å²) in [7, 11) is 0. The molecule has 3 rings (SSSR count). The summed E-state index contributed by atoms with van der Waals surface area (Å²) in [5.41, 5.74) is 1.49. The number of benzene rings is 1. The molecule has 2 heterocycles. The number of nitro groups is 1. The smallest absolute Gasteiger partial charge is 0.309 e. The Balaban J connectivity index is 1.56. The van der Waals surface area contributed by atoms with Gasteiger partial charge in [-0.25, -0.2) is 4.39 Å². The third-order valence-electron chi connectivity index (χ3n) is 4.09. The molecule has 0 unspecified atom stereocenters. The molecule has 146 valence electrons. The van der Waals surface area contributed by atoms with Gasteiger partial charge >= 0.3 is 5.69 Å². The summed E-state index contributed by atoms with van der Waals surface area (Å²) in [6.45, 7) is 2.11. The van der Waals surface area contributed by atoms with Crippen LogP contribution in [-0.2, 0) is 17.9 Å². The monoisotopic (exact) mass is 406 g/mol. The van der Waals surface area contributed by atoms with Crippen molar-refractivity contribution < 1.29 is 14.1 Å². The average Bonchev–Trinajstić information content (AvgIpc) is 3.22. The van der Waals surface area contributed by atoms with E-state index in [2.05, 4.69) is 15.5 Å². The molecule has 0 saturated heterocycles. The summed E-state index contributed by atoms with van der Waals surface area (Å²) >= 11 is 6.00. The van der Waals surface area contributed by atoms with Gasteiger partial charge in [-0.05, 0) is 24.6 Å². The second-order valence-corrected chi connectivity index (χ2v) is 6.46. The van der Waals surface area contributed by atoms with E-state index >= 15 is 0 Å². The number of aryl methyl sites for hydroxylation is 1. The molecular weight excluding hydrogens is 391 g/mol. The Bertz CT molecular complexity index is 1030. The van der Waals surface area contributed by atoms with Gasteiger partial charge in [0.1, 0.15) is 17.7 Å². The Morgan fingerprint density at radius 3 is 2.82 bits per heavy atom. The molecule has 2 aromatic heterocycles. The Morgan fingerprint density at radius 1 is 1.36 bits per heavy atom. The second kappa shape index (κ2) is 8.17. The molecular formula is C17H16ClFN6O3. The lowest BCUT2D eigenvalue weighted by Crippen LogP contribution is -2.15. The minimum atomic E-state index is -0.513. The van der Waals surface area contributed by atoms with Crippen molar-refractivity contribution in [1.29, 1.82) is 0 Å². The van der Waals surface area contributed by atoms with Crippen LogP contribution in [0.2, 0.25) is 5.02 Å². The number of carbonyl (C=O) groups excluding carboxylic acids is 1. The van der Waals surface area contributed by atoms with Gasteiger partial charge in [0.15, 0.2) is 0 Å². The first-order valence-corrected chi connectivity index (χ1v) is 8.64. The average molecular weight is 407 g/mol. The number of hydrogen-bond donors (Lipinski definition) is 1. The van der Waals surface area contributed by atoms with Crippen LogP contribution in [0.25, 0.3) is 0 Å². The van der Waals surface area contributed by atoms with Crippen LogP contribution < -0.4 is 5.32 Å². The molecule has 0 fully saturated rings. The van der Waals surface area contributed by atoms with E-state index in [1.807, 2.05) is 0 Å². The molecule has 0 aliphatic carbocycles. The molecule has 11 heteroatoms. The number of hydrogen-bond acceptors (Lipinski definition) is 5. The predicted molar refractivity (Wildman–Crippen MR) is 99.6 cm³/mol. The molecule has 0 aliphatic rings. The van der Waals surface area contributed by atoms with Crippen molar-refractivity contribution >= 4 is 28.9 Å². The summed E-state index contributed by atoms with van der Waals surface area (Å²) < 4.78 is 16.1. The number of halogens is 2. The molecule has 1 N–H and O–H groups in total. The molecule has 0 spiro atoms. The number of nitrogens with one attached hydrogen (secondary N) is 1. The van der Waals surface area contributed by atoms with E-state index in [1.165, 1.54) is 23.0 Å². The van der Waals surface area contributed by atoms with E-state index in [9.17, 15) is 19.3 Å². The number of amides is 1. The van der Waals surface area contributed by atoms with Gasteiger partial charge in [-0.1, -0.05) is 17.7 Å². The zero-order valence-electron chi connectivity index (χ0n) is 14.8. The lowest BCUT2D eigenvalue weighted by atomic mass is 10.2. The number of carbonyl (C=O) groups is 1. The fourth-order valence-electron chi connectivity index (χ4n) is 2.61. The Hall–Kier alpha value is -3.27. The SMILES string of the molecule is Cc1c([N+](=O)[O-])cnn1CCC(=O)Nc1cnn(Cc2ccc(F)cc2Cl)c1. The van der Waals surface area contributed by atoms with Crippen LogP contribution in [0.5, 0.6) is 0 Å². The topological polar surface area (TPSA) is 108 Å². The van der Waals surface area contributed by atoms with E-state index in [0.29, 0.717) is 28.5 Å². The zero-order valence-corrected chi connectivity index (χ0v) is 15.6. The lowest BCUT2D eigenvalue weighted by Gasteiger charge is -2.05. The first-order chi connectivity index (χ1) is 13.3. The van der Waals surface area contributed by atoms with Gasteiger partial charge in [0.2, 0.25) is 5.91 Å². The zero-order chi connectivity index (χ0) is 20.3. The normalized spacial score (nSPS) is 10.8. The maximum Gasteiger partial charge on any atom is 0.309 e. The molecule has 3 aromatic rings. The summed E-state index contributed by atoms with van der Waals surface area (Å²) in [6.07, 6.45) is 4.37. The first kappa shape index (κ1) is 19.5. The summed E-state index contributed by atoms with van der Waals surface area (Å²) in [5, 5.41) is 21.9. The van der Waals surface area contributed by atoms with E-state index in [-0.39, 0.29) is 24.6 Å². The van der Waals surface area contributed by atoms with Crippen molar-refractivity contribution in [3.63, 3.8) is 0 Å². The maximum absolute atomic E-state index is 13.1. The van der Waals surface area contributed by atoms with Gasteiger partial charge in [0.25, 0.3) is 0 Å². The van der Waals surface area contributed by atoms with E-state index < -0.39 is 10.7 Å². The number of rotatable bonds is 7. The van der Waals surface area contributed by atoms with Crippen molar-refractivity contribution in [1.82, 2.24) is 19.6 Å². The highest BCUT2D eigenvalue weighted by Gasteiger charge is 2.16. The van der Waals surface area contributed by atoms with Crippen LogP contribution in [0.4, 0.5) is 15.8 Å². The van der Waals surface area contributed by atoms with E-state index in [0.717, 1.165) is 6.20 Å². The van der Waals surface area contributed by atoms with Gasteiger partial charge in [-0.3, -0.25) is 24.3 Å². The fourth-order valence-corrected chi connectivity index (χ4v) is 2.84. The highest BCUT2D eigenvalue weighted by molar-refractivity contribution is 6.31. The third kappa shape index (κ3) is 4.52. The Morgan fingerprint density at radius 2 is 2.14 bits per heavy atom. The minimum Gasteiger partial charge on any atom is -0.323 e. The van der Waals surface area contributed by atoms with Crippen molar-refractivity contribution in [3.8, 4) is 0 Å². The van der Waals surface area contributed by atoms with Crippen molar-refractivity contribution in [2.24, 2.45) is 0 Å². The molecule has 1 amide bonds. The van der Waals surface area contributed by atoms with Crippen LogP contribution in [0, 0.1) is 22.9 Å². The van der Waals surface area contributed by atoms with Crippen LogP contribution in [0.15, 0.2) is 36.8 Å². The molecule has 0 aliphatic heterocycles. The first-order valence-electron chi connectivity index (χ1n) is 8.26. The van der Waals surface area contributed by atoms with Gasteiger partial charge in [-0.15, -0.1) is 0 Å². The number of aromatic nitrogens is 4. The Labute approximate surface area is 163 Å². The van der Waals surface area contributed by atoms with Crippen LogP contribution in [0.3, 0.4) is 0 Å². The summed E-state index contributed by atoms with van der Waals surface area (Å²) in [4.78, 5) is 22.4. The third-order valence-corrected chi connectivity index (χ3v) is 4.44. The second-order valence-electron chi connectivity index (χ2n) is 6.06. The van der Waals surface area contributed by atoms with Crippen LogP contribution >= 0.6 is 11.6 Å². The number of nitrogens with zero attached hydrogens (tertiary/aromatic N) is 5. The Kier molecular flexibility index (Phi) is 5.69. The van der Waals surface area contributed by atoms with Crippen LogP contribution in [0.1, 0.15) is 17.7 Å². The molecule has 28 heavy (non-hydrogen) atoms. The van der Waals surface area contributed by atoms with E-state index in [1.54, 1.807) is 23.9 Å². The van der Waals surface area contributed by atoms with E-state index in [4.69, 9.17) is 11.6 Å². The molecule has 9 nitrogen and oxygen atoms in total. The highest BCUT2D eigenvalue weighted by Crippen LogP contribution is 2.19. The lowest BCUT2D eigenvalue weighted by molar-refractivity contribution is -0.385. The quantitative estimate of drug-likeness (QED) is 0.479. The summed E-state index contributed by atoms with van der Waals surface area (Å²) in [5.74, 6) is -0.697. The number of anilines is 1. The van der Waals surface area contributed by atoms with Gasteiger partial charge in [-0.2, -0.15) is 10.2 Å². The highest BCUT2D eigenvalue weighted by atomic mass is 35.5. The van der Waals surface area contributed by atoms with Crippen molar-refractivity contribution in [2.75, 3.05) is 5.32 Å². The molecule has 0 bridgehead atoms. The van der Waals surface area contributed by atoms with Gasteiger partial charge in [0.05, 0.1) is 29.9 Å². The maximum atomic E-state index is 13.1. The standard InChI is InChI=1S/C17H16ClFN6O3/c1-11-16(25(27)28)8-21-24(11)5-4-17(26)22-14-7-20-23(10-14)9-12-2-3-13(19)6-15(12)18/h2-3,6-8,10H,4-5,9H2,1H3,(H,22,26). The largest absolute Gasteiger partial charge is 0.323 e. The molecule has 1 aromatic carbocycles. The molecule has 0 saturated carbocycles. The van der Waals surface area contributed by atoms with Crippen molar-refractivity contribution in [3.05, 3.63) is 69.0 Å². The van der Waals surface area contributed by atoms with Gasteiger partial charge < -0.3 is 5.32 Å². The fraction of sp³-hybridized carbons (Fsp3) is 0.235. The minimum absolute atomic E-state index is 0.0823. The molecule has 0 atom stereocenters. The molecule has 0 radical (unpaired) electrons. The summed E-state index contributed by atoms with van der Waals surface area (Å²) in [6, 6.07) is 4.11.